The van der Waals surface area contributed by atoms with Crippen molar-refractivity contribution in [3.05, 3.63) is 64.2 Å². The van der Waals surface area contributed by atoms with Crippen LogP contribution in [0, 0.1) is 6.92 Å². The highest BCUT2D eigenvalue weighted by atomic mass is 32.1. The Hall–Kier alpha value is -2.97. The van der Waals surface area contributed by atoms with E-state index in [0.717, 1.165) is 49.7 Å². The molecule has 3 aromatic rings. The molecule has 0 saturated carbocycles. The second-order valence-corrected chi connectivity index (χ2v) is 9.62. The van der Waals surface area contributed by atoms with E-state index in [1.807, 2.05) is 36.1 Å². The summed E-state index contributed by atoms with van der Waals surface area (Å²) in [6.45, 7) is 5.36. The monoisotopic (exact) mass is 464 g/mol. The van der Waals surface area contributed by atoms with Crippen LogP contribution in [-0.2, 0) is 12.0 Å². The minimum Gasteiger partial charge on any atom is -0.497 e. The topological polar surface area (TPSA) is 67.8 Å². The van der Waals surface area contributed by atoms with Crippen LogP contribution in [0.5, 0.6) is 11.5 Å². The molecule has 1 amide bonds. The van der Waals surface area contributed by atoms with E-state index in [-0.39, 0.29) is 11.3 Å². The Morgan fingerprint density at radius 2 is 1.85 bits per heavy atom. The number of piperidine rings is 1. The van der Waals surface area contributed by atoms with Gasteiger partial charge in [-0.3, -0.25) is 9.69 Å². The van der Waals surface area contributed by atoms with E-state index < -0.39 is 0 Å². The van der Waals surface area contributed by atoms with E-state index in [1.165, 1.54) is 22.7 Å². The van der Waals surface area contributed by atoms with Crippen LogP contribution in [0.1, 0.15) is 39.3 Å². The van der Waals surface area contributed by atoms with Gasteiger partial charge in [-0.15, -0.1) is 5.10 Å². The lowest BCUT2D eigenvalue weighted by molar-refractivity contribution is 0.0978. The summed E-state index contributed by atoms with van der Waals surface area (Å²) in [7, 11) is 3.39. The summed E-state index contributed by atoms with van der Waals surface area (Å²) in [4.78, 5) is 18.5. The number of anilines is 1. The first-order valence-corrected chi connectivity index (χ1v) is 11.9. The number of carbonyl (C=O) groups is 1. The lowest BCUT2D eigenvalue weighted by Crippen LogP contribution is -2.45. The van der Waals surface area contributed by atoms with E-state index in [2.05, 4.69) is 32.7 Å². The zero-order valence-electron chi connectivity index (χ0n) is 19.2. The van der Waals surface area contributed by atoms with Crippen molar-refractivity contribution in [1.29, 1.82) is 0 Å². The number of fused-ring (bicyclic) bond motifs is 2. The van der Waals surface area contributed by atoms with Gasteiger partial charge in [0.25, 0.3) is 5.91 Å². The van der Waals surface area contributed by atoms with Gasteiger partial charge < -0.3 is 14.4 Å². The summed E-state index contributed by atoms with van der Waals surface area (Å²) >= 11 is 1.17. The summed E-state index contributed by atoms with van der Waals surface area (Å²) in [5.74, 6) is 1.71. The Morgan fingerprint density at radius 1 is 1.09 bits per heavy atom. The van der Waals surface area contributed by atoms with Crippen molar-refractivity contribution in [3.63, 3.8) is 0 Å². The summed E-state index contributed by atoms with van der Waals surface area (Å²) in [6, 6.07) is 14.3. The fraction of sp³-hybridized carbons (Fsp3) is 0.400. The molecule has 2 aromatic carbocycles. The molecule has 0 N–H and O–H groups in total. The number of benzene rings is 2. The molecule has 5 rings (SSSR count). The molecule has 1 fully saturated rings. The van der Waals surface area contributed by atoms with Gasteiger partial charge in [0.2, 0.25) is 0 Å². The second kappa shape index (κ2) is 8.76. The van der Waals surface area contributed by atoms with Crippen molar-refractivity contribution in [2.45, 2.75) is 31.7 Å². The molecule has 2 aliphatic heterocycles. The van der Waals surface area contributed by atoms with Crippen LogP contribution in [-0.4, -0.2) is 54.2 Å². The number of nitrogens with zero attached hydrogens (tertiary/aromatic N) is 4. The second-order valence-electron chi connectivity index (χ2n) is 8.87. The van der Waals surface area contributed by atoms with Crippen molar-refractivity contribution >= 4 is 23.1 Å². The quantitative estimate of drug-likeness (QED) is 0.567. The Bertz CT molecular complexity index is 1170. The van der Waals surface area contributed by atoms with Crippen LogP contribution in [0.3, 0.4) is 0 Å². The number of amides is 1. The minimum atomic E-state index is -0.0730. The van der Waals surface area contributed by atoms with Crippen LogP contribution in [0.25, 0.3) is 0 Å². The van der Waals surface area contributed by atoms with Crippen LogP contribution in [0.2, 0.25) is 0 Å². The first-order chi connectivity index (χ1) is 16.0. The Kier molecular flexibility index (Phi) is 5.80. The normalized spacial score (nSPS) is 17.2. The third kappa shape index (κ3) is 3.98. The van der Waals surface area contributed by atoms with Crippen LogP contribution in [0.15, 0.2) is 42.5 Å². The van der Waals surface area contributed by atoms with Gasteiger partial charge in [0, 0.05) is 24.2 Å². The van der Waals surface area contributed by atoms with E-state index in [1.54, 1.807) is 14.2 Å². The van der Waals surface area contributed by atoms with Gasteiger partial charge in [-0.1, -0.05) is 16.6 Å². The average Bonchev–Trinajstić information content (AvgIpc) is 3.41. The highest BCUT2D eigenvalue weighted by Crippen LogP contribution is 2.49. The van der Waals surface area contributed by atoms with E-state index in [0.29, 0.717) is 17.1 Å². The molecule has 1 saturated heterocycles. The molecule has 0 atom stereocenters. The number of hydrogen-bond acceptors (Lipinski definition) is 7. The predicted octanol–water partition coefficient (Wildman–Crippen LogP) is 4.06. The molecule has 0 unspecified atom stereocenters. The maximum absolute atomic E-state index is 13.4. The summed E-state index contributed by atoms with van der Waals surface area (Å²) in [5.41, 5.74) is 4.07. The third-order valence-corrected chi connectivity index (χ3v) is 7.79. The molecule has 33 heavy (non-hydrogen) atoms. The van der Waals surface area contributed by atoms with Gasteiger partial charge in [0.15, 0.2) is 0 Å². The molecule has 172 valence electrons. The lowest BCUT2D eigenvalue weighted by atomic mass is 9.74. The third-order valence-electron chi connectivity index (χ3n) is 6.97. The van der Waals surface area contributed by atoms with Crippen molar-refractivity contribution in [3.8, 4) is 11.5 Å². The Labute approximate surface area is 198 Å². The van der Waals surface area contributed by atoms with Crippen LogP contribution < -0.4 is 14.4 Å². The van der Waals surface area contributed by atoms with Crippen molar-refractivity contribution in [2.24, 2.45) is 0 Å². The van der Waals surface area contributed by atoms with Crippen molar-refractivity contribution < 1.29 is 14.3 Å². The van der Waals surface area contributed by atoms with Gasteiger partial charge in [-0.25, -0.2) is 0 Å². The largest absolute Gasteiger partial charge is 0.497 e. The molecule has 3 heterocycles. The molecule has 8 heteroatoms. The molecule has 0 bridgehead atoms. The fourth-order valence-electron chi connectivity index (χ4n) is 5.10. The number of aryl methyl sites for hydroxylation is 1. The molecule has 7 nitrogen and oxygen atoms in total. The van der Waals surface area contributed by atoms with Crippen molar-refractivity contribution in [1.82, 2.24) is 14.5 Å². The van der Waals surface area contributed by atoms with Gasteiger partial charge >= 0.3 is 0 Å². The number of aromatic nitrogens is 2. The maximum atomic E-state index is 13.4. The SMILES string of the molecule is COc1cccc(CN2CCC3(CC2)CN(C(=O)c2snnc2C)c2ccc(OC)cc23)c1. The first-order valence-electron chi connectivity index (χ1n) is 11.2. The van der Waals surface area contributed by atoms with E-state index in [9.17, 15) is 4.79 Å². The summed E-state index contributed by atoms with van der Waals surface area (Å²) in [6.07, 6.45) is 1.97. The standard InChI is InChI=1S/C25H28N4O3S/c1-17-23(33-27-26-17)24(30)29-16-25(21-14-20(32-3)7-8-22(21)29)9-11-28(12-10-25)15-18-5-4-6-19(13-18)31-2/h4-8,13-14H,9-12,15-16H2,1-3H3. The molecular weight excluding hydrogens is 436 g/mol. The Balaban J connectivity index is 1.39. The summed E-state index contributed by atoms with van der Waals surface area (Å²) in [5, 5.41) is 4.04. The van der Waals surface area contributed by atoms with Gasteiger partial charge in [-0.05, 0) is 85.8 Å². The van der Waals surface area contributed by atoms with Crippen LogP contribution >= 0.6 is 11.5 Å². The number of methoxy groups -OCH3 is 2. The van der Waals surface area contributed by atoms with Gasteiger partial charge in [0.1, 0.15) is 16.4 Å². The Morgan fingerprint density at radius 3 is 2.55 bits per heavy atom. The number of carbonyl (C=O) groups excluding carboxylic acids is 1. The zero-order chi connectivity index (χ0) is 23.0. The molecular formula is C25H28N4O3S. The summed E-state index contributed by atoms with van der Waals surface area (Å²) < 4.78 is 14.9. The molecule has 0 radical (unpaired) electrons. The molecule has 1 aromatic heterocycles. The fourth-order valence-corrected chi connectivity index (χ4v) is 5.71. The maximum Gasteiger partial charge on any atom is 0.271 e. The number of likely N-dealkylation sites (tertiary alicyclic amines) is 1. The lowest BCUT2D eigenvalue weighted by Gasteiger charge is -2.40. The number of hydrogen-bond donors (Lipinski definition) is 0. The molecule has 0 aliphatic carbocycles. The minimum absolute atomic E-state index is 0.00963. The highest BCUT2D eigenvalue weighted by molar-refractivity contribution is 7.08. The smallest absolute Gasteiger partial charge is 0.271 e. The van der Waals surface area contributed by atoms with E-state index in [4.69, 9.17) is 9.47 Å². The van der Waals surface area contributed by atoms with Gasteiger partial charge in [-0.2, -0.15) is 0 Å². The van der Waals surface area contributed by atoms with E-state index >= 15 is 0 Å². The average molecular weight is 465 g/mol. The van der Waals surface area contributed by atoms with Crippen LogP contribution in [0.4, 0.5) is 5.69 Å². The van der Waals surface area contributed by atoms with Crippen molar-refractivity contribution in [2.75, 3.05) is 38.8 Å². The first kappa shape index (κ1) is 21.9. The molecule has 2 aliphatic rings. The zero-order valence-corrected chi connectivity index (χ0v) is 20.0. The predicted molar refractivity (Wildman–Crippen MR) is 128 cm³/mol. The highest BCUT2D eigenvalue weighted by Gasteiger charge is 2.47. The number of rotatable bonds is 5. The van der Waals surface area contributed by atoms with Gasteiger partial charge in [0.05, 0.1) is 19.9 Å². The molecule has 1 spiro atoms. The number of ether oxygens (including phenoxy) is 2.